The number of carbonyl (C=O) groups is 1. The van der Waals surface area contributed by atoms with E-state index in [2.05, 4.69) is 19.2 Å². The minimum absolute atomic E-state index is 0.0194. The van der Waals surface area contributed by atoms with Gasteiger partial charge in [-0.2, -0.15) is 0 Å². The van der Waals surface area contributed by atoms with E-state index in [1.54, 1.807) is 7.11 Å². The molecule has 0 radical (unpaired) electrons. The lowest BCUT2D eigenvalue weighted by Crippen LogP contribution is -2.49. The standard InChI is InChI=1S/C13H28N2O3/c1-5-18-9-12(10(2)3)15-13(16)11(14)7-6-8-17-4/h10-12H,5-9,14H2,1-4H3,(H,15,16). The van der Waals surface area contributed by atoms with Crippen molar-refractivity contribution in [2.75, 3.05) is 26.9 Å². The second-order valence-electron chi connectivity index (χ2n) is 4.76. The normalized spacial score (nSPS) is 14.6. The number of methoxy groups -OCH3 is 1. The lowest BCUT2D eigenvalue weighted by atomic mass is 10.0. The number of carbonyl (C=O) groups excluding carboxylic acids is 1. The van der Waals surface area contributed by atoms with Gasteiger partial charge < -0.3 is 20.5 Å². The first kappa shape index (κ1) is 17.4. The zero-order valence-electron chi connectivity index (χ0n) is 12.1. The van der Waals surface area contributed by atoms with Crippen molar-refractivity contribution in [3.05, 3.63) is 0 Å². The molecule has 5 heteroatoms. The number of hydrogen-bond acceptors (Lipinski definition) is 4. The zero-order chi connectivity index (χ0) is 14.0. The Morgan fingerprint density at radius 1 is 1.39 bits per heavy atom. The van der Waals surface area contributed by atoms with E-state index in [1.807, 2.05) is 6.92 Å². The van der Waals surface area contributed by atoms with E-state index in [-0.39, 0.29) is 11.9 Å². The van der Waals surface area contributed by atoms with Crippen LogP contribution in [-0.2, 0) is 14.3 Å². The molecule has 2 unspecified atom stereocenters. The lowest BCUT2D eigenvalue weighted by Gasteiger charge is -2.24. The summed E-state index contributed by atoms with van der Waals surface area (Å²) in [6.45, 7) is 7.87. The van der Waals surface area contributed by atoms with Crippen molar-refractivity contribution >= 4 is 5.91 Å². The monoisotopic (exact) mass is 260 g/mol. The molecule has 0 aromatic carbocycles. The molecule has 0 aromatic rings. The number of amides is 1. The van der Waals surface area contributed by atoms with E-state index >= 15 is 0 Å². The molecule has 0 saturated heterocycles. The van der Waals surface area contributed by atoms with E-state index in [4.69, 9.17) is 15.2 Å². The van der Waals surface area contributed by atoms with E-state index < -0.39 is 6.04 Å². The van der Waals surface area contributed by atoms with Crippen LogP contribution in [0.4, 0.5) is 0 Å². The maximum absolute atomic E-state index is 11.9. The molecule has 2 atom stereocenters. The van der Waals surface area contributed by atoms with Crippen molar-refractivity contribution in [3.8, 4) is 0 Å². The summed E-state index contributed by atoms with van der Waals surface area (Å²) in [5.74, 6) is 0.219. The van der Waals surface area contributed by atoms with E-state index in [0.29, 0.717) is 32.2 Å². The van der Waals surface area contributed by atoms with Crippen LogP contribution in [0.25, 0.3) is 0 Å². The number of nitrogens with two attached hydrogens (primary N) is 1. The van der Waals surface area contributed by atoms with Crippen molar-refractivity contribution in [1.82, 2.24) is 5.32 Å². The highest BCUT2D eigenvalue weighted by molar-refractivity contribution is 5.81. The van der Waals surface area contributed by atoms with Crippen LogP contribution in [0.2, 0.25) is 0 Å². The summed E-state index contributed by atoms with van der Waals surface area (Å²) in [6.07, 6.45) is 1.43. The van der Waals surface area contributed by atoms with Gasteiger partial charge in [-0.25, -0.2) is 0 Å². The van der Waals surface area contributed by atoms with Crippen molar-refractivity contribution < 1.29 is 14.3 Å². The van der Waals surface area contributed by atoms with Crippen molar-refractivity contribution in [2.24, 2.45) is 11.7 Å². The third-order valence-electron chi connectivity index (χ3n) is 2.83. The van der Waals surface area contributed by atoms with Crippen molar-refractivity contribution in [3.63, 3.8) is 0 Å². The fourth-order valence-electron chi connectivity index (χ4n) is 1.51. The molecular weight excluding hydrogens is 232 g/mol. The molecule has 3 N–H and O–H groups in total. The topological polar surface area (TPSA) is 73.6 Å². The van der Waals surface area contributed by atoms with Crippen LogP contribution in [0.3, 0.4) is 0 Å². The Morgan fingerprint density at radius 3 is 2.56 bits per heavy atom. The van der Waals surface area contributed by atoms with Gasteiger partial charge in [-0.3, -0.25) is 4.79 Å². The molecule has 0 bridgehead atoms. The predicted octanol–water partition coefficient (Wildman–Crippen LogP) is 0.918. The largest absolute Gasteiger partial charge is 0.385 e. The van der Waals surface area contributed by atoms with Gasteiger partial charge in [-0.1, -0.05) is 13.8 Å². The maximum atomic E-state index is 11.9. The van der Waals surface area contributed by atoms with Gasteiger partial charge in [0.2, 0.25) is 5.91 Å². The second-order valence-corrected chi connectivity index (χ2v) is 4.76. The number of ether oxygens (including phenoxy) is 2. The quantitative estimate of drug-likeness (QED) is 0.573. The van der Waals surface area contributed by atoms with Crippen LogP contribution in [0, 0.1) is 5.92 Å². The van der Waals surface area contributed by atoms with Crippen LogP contribution in [0.15, 0.2) is 0 Å². The molecule has 0 heterocycles. The minimum Gasteiger partial charge on any atom is -0.385 e. The Bertz CT molecular complexity index is 222. The van der Waals surface area contributed by atoms with Crippen molar-refractivity contribution in [2.45, 2.75) is 45.7 Å². The second kappa shape index (κ2) is 10.3. The van der Waals surface area contributed by atoms with Gasteiger partial charge in [0, 0.05) is 20.3 Å². The van der Waals surface area contributed by atoms with Crippen LogP contribution in [0.1, 0.15) is 33.6 Å². The first-order valence-corrected chi connectivity index (χ1v) is 6.65. The Labute approximate surface area is 110 Å². The zero-order valence-corrected chi connectivity index (χ0v) is 12.1. The molecule has 18 heavy (non-hydrogen) atoms. The summed E-state index contributed by atoms with van der Waals surface area (Å²) in [5, 5.41) is 2.95. The van der Waals surface area contributed by atoms with Gasteiger partial charge in [0.25, 0.3) is 0 Å². The molecule has 0 aromatic heterocycles. The Hall–Kier alpha value is -0.650. The molecule has 1 amide bonds. The van der Waals surface area contributed by atoms with Crippen LogP contribution < -0.4 is 11.1 Å². The maximum Gasteiger partial charge on any atom is 0.237 e. The number of hydrogen-bond donors (Lipinski definition) is 2. The predicted molar refractivity (Wildman–Crippen MR) is 72.3 cm³/mol. The first-order chi connectivity index (χ1) is 8.52. The molecule has 0 aliphatic carbocycles. The third kappa shape index (κ3) is 7.63. The molecule has 0 fully saturated rings. The fourth-order valence-corrected chi connectivity index (χ4v) is 1.51. The molecule has 0 saturated carbocycles. The molecule has 0 spiro atoms. The Morgan fingerprint density at radius 2 is 2.06 bits per heavy atom. The van der Waals surface area contributed by atoms with Gasteiger partial charge in [-0.15, -0.1) is 0 Å². The van der Waals surface area contributed by atoms with Crippen LogP contribution >= 0.6 is 0 Å². The summed E-state index contributed by atoms with van der Waals surface area (Å²) in [7, 11) is 1.64. The highest BCUT2D eigenvalue weighted by Gasteiger charge is 2.20. The Kier molecular flexibility index (Phi) is 9.92. The molecule has 5 nitrogen and oxygen atoms in total. The summed E-state index contributed by atoms with van der Waals surface area (Å²) < 4.78 is 10.3. The molecule has 0 aliphatic rings. The number of nitrogens with one attached hydrogen (secondary N) is 1. The molecule has 0 aliphatic heterocycles. The van der Waals surface area contributed by atoms with Gasteiger partial charge in [0.1, 0.15) is 0 Å². The smallest absolute Gasteiger partial charge is 0.237 e. The summed E-state index contributed by atoms with van der Waals surface area (Å²) >= 11 is 0. The van der Waals surface area contributed by atoms with E-state index in [9.17, 15) is 4.79 Å². The van der Waals surface area contributed by atoms with Crippen molar-refractivity contribution in [1.29, 1.82) is 0 Å². The van der Waals surface area contributed by atoms with Crippen LogP contribution in [-0.4, -0.2) is 44.9 Å². The first-order valence-electron chi connectivity index (χ1n) is 6.65. The van der Waals surface area contributed by atoms with Gasteiger partial charge >= 0.3 is 0 Å². The van der Waals surface area contributed by atoms with E-state index in [1.165, 1.54) is 0 Å². The van der Waals surface area contributed by atoms with Gasteiger partial charge in [-0.05, 0) is 25.7 Å². The SMILES string of the molecule is CCOCC(NC(=O)C(N)CCCOC)C(C)C. The highest BCUT2D eigenvalue weighted by atomic mass is 16.5. The molecular formula is C13H28N2O3. The molecule has 0 rings (SSSR count). The van der Waals surface area contributed by atoms with Gasteiger partial charge in [0.15, 0.2) is 0 Å². The fraction of sp³-hybridized carbons (Fsp3) is 0.923. The number of rotatable bonds is 10. The third-order valence-corrected chi connectivity index (χ3v) is 2.83. The average Bonchev–Trinajstić information content (AvgIpc) is 2.33. The summed E-state index contributed by atoms with van der Waals surface area (Å²) in [4.78, 5) is 11.9. The minimum atomic E-state index is -0.469. The Balaban J connectivity index is 4.06. The lowest BCUT2D eigenvalue weighted by molar-refractivity contribution is -0.124. The summed E-state index contributed by atoms with van der Waals surface area (Å²) in [5.41, 5.74) is 5.83. The average molecular weight is 260 g/mol. The highest BCUT2D eigenvalue weighted by Crippen LogP contribution is 2.04. The summed E-state index contributed by atoms with van der Waals surface area (Å²) in [6, 6.07) is -0.450. The molecule has 108 valence electrons. The van der Waals surface area contributed by atoms with Gasteiger partial charge in [0.05, 0.1) is 18.7 Å². The van der Waals surface area contributed by atoms with Crippen LogP contribution in [0.5, 0.6) is 0 Å². The van der Waals surface area contributed by atoms with E-state index in [0.717, 1.165) is 6.42 Å².